The zero-order valence-corrected chi connectivity index (χ0v) is 14.6. The molecule has 0 radical (unpaired) electrons. The van der Waals surface area contributed by atoms with E-state index in [2.05, 4.69) is 35.8 Å². The Hall–Kier alpha value is -1.68. The van der Waals surface area contributed by atoms with Gasteiger partial charge in [-0.3, -0.25) is 0 Å². The molecule has 1 unspecified atom stereocenters. The number of anilines is 1. The fourth-order valence-corrected chi connectivity index (χ4v) is 2.74. The lowest BCUT2D eigenvalue weighted by molar-refractivity contribution is 0.217. The minimum Gasteiger partial charge on any atom is -0.490 e. The van der Waals surface area contributed by atoms with Gasteiger partial charge in [-0.1, -0.05) is 32.0 Å². The first-order valence-electron chi connectivity index (χ1n) is 7.51. The largest absolute Gasteiger partial charge is 0.490 e. The van der Waals surface area contributed by atoms with Gasteiger partial charge in [0.1, 0.15) is 19.0 Å². The van der Waals surface area contributed by atoms with Crippen LogP contribution in [0, 0.1) is 0 Å². The van der Waals surface area contributed by atoms with E-state index < -0.39 is 0 Å². The predicted octanol–water partition coefficient (Wildman–Crippen LogP) is 5.00. The van der Waals surface area contributed by atoms with E-state index in [4.69, 9.17) is 15.2 Å². The van der Waals surface area contributed by atoms with Crippen LogP contribution in [0.5, 0.6) is 11.5 Å². The van der Waals surface area contributed by atoms with Gasteiger partial charge in [-0.15, -0.1) is 0 Å². The molecule has 0 aliphatic heterocycles. The number of ether oxygens (including phenoxy) is 2. The molecule has 0 aromatic heterocycles. The van der Waals surface area contributed by atoms with Crippen molar-refractivity contribution in [2.45, 2.75) is 26.2 Å². The van der Waals surface area contributed by atoms with Crippen molar-refractivity contribution >= 4 is 21.6 Å². The number of para-hydroxylation sites is 1. The number of nitrogen functional groups attached to an aromatic ring is 1. The SMILES string of the molecule is CCC(C)c1cc(N)c(OCCOc2ccccc2)c(Br)c1. The number of hydrogen-bond donors (Lipinski definition) is 1. The van der Waals surface area contributed by atoms with Crippen LogP contribution in [0.3, 0.4) is 0 Å². The smallest absolute Gasteiger partial charge is 0.156 e. The van der Waals surface area contributed by atoms with Gasteiger partial charge in [0.2, 0.25) is 0 Å². The molecule has 22 heavy (non-hydrogen) atoms. The van der Waals surface area contributed by atoms with Crippen LogP contribution in [0.25, 0.3) is 0 Å². The fourth-order valence-electron chi connectivity index (χ4n) is 2.13. The standard InChI is InChI=1S/C18H22BrNO2/c1-3-13(2)14-11-16(19)18(17(20)12-14)22-10-9-21-15-7-5-4-6-8-15/h4-8,11-13H,3,9-10,20H2,1-2H3. The Kier molecular flexibility index (Phi) is 6.13. The van der Waals surface area contributed by atoms with Crippen molar-refractivity contribution in [3.8, 4) is 11.5 Å². The summed E-state index contributed by atoms with van der Waals surface area (Å²) < 4.78 is 12.3. The molecule has 0 spiro atoms. The van der Waals surface area contributed by atoms with Crippen molar-refractivity contribution < 1.29 is 9.47 Å². The third-order valence-electron chi connectivity index (χ3n) is 3.62. The zero-order valence-electron chi connectivity index (χ0n) is 13.0. The molecule has 3 nitrogen and oxygen atoms in total. The van der Waals surface area contributed by atoms with Crippen molar-refractivity contribution in [1.82, 2.24) is 0 Å². The number of benzene rings is 2. The maximum absolute atomic E-state index is 6.11. The summed E-state index contributed by atoms with van der Waals surface area (Å²) in [5, 5.41) is 0. The summed E-state index contributed by atoms with van der Waals surface area (Å²) in [5.41, 5.74) is 7.99. The van der Waals surface area contributed by atoms with E-state index in [1.54, 1.807) is 0 Å². The van der Waals surface area contributed by atoms with Gasteiger partial charge >= 0.3 is 0 Å². The molecule has 0 aliphatic carbocycles. The van der Waals surface area contributed by atoms with Crippen LogP contribution >= 0.6 is 15.9 Å². The van der Waals surface area contributed by atoms with Crippen molar-refractivity contribution in [3.63, 3.8) is 0 Å². The Morgan fingerprint density at radius 1 is 1.09 bits per heavy atom. The topological polar surface area (TPSA) is 44.5 Å². The summed E-state index contributed by atoms with van der Waals surface area (Å²) in [6, 6.07) is 13.8. The van der Waals surface area contributed by atoms with Gasteiger partial charge in [0.25, 0.3) is 0 Å². The Morgan fingerprint density at radius 2 is 1.77 bits per heavy atom. The molecule has 4 heteroatoms. The molecule has 1 atom stereocenters. The molecule has 0 bridgehead atoms. The van der Waals surface area contributed by atoms with Gasteiger partial charge in [-0.25, -0.2) is 0 Å². The Balaban J connectivity index is 1.92. The molecule has 0 aliphatic rings. The van der Waals surface area contributed by atoms with Crippen LogP contribution in [0.15, 0.2) is 46.9 Å². The molecule has 2 N–H and O–H groups in total. The highest BCUT2D eigenvalue weighted by atomic mass is 79.9. The van der Waals surface area contributed by atoms with E-state index in [1.165, 1.54) is 5.56 Å². The Labute approximate surface area is 140 Å². The normalized spacial score (nSPS) is 12.0. The van der Waals surface area contributed by atoms with Gasteiger partial charge in [-0.05, 0) is 58.1 Å². The van der Waals surface area contributed by atoms with Crippen LogP contribution in [0.2, 0.25) is 0 Å². The maximum Gasteiger partial charge on any atom is 0.156 e. The lowest BCUT2D eigenvalue weighted by Crippen LogP contribution is -2.10. The number of rotatable bonds is 7. The summed E-state index contributed by atoms with van der Waals surface area (Å²) in [6.07, 6.45) is 1.08. The van der Waals surface area contributed by atoms with Gasteiger partial charge in [0, 0.05) is 0 Å². The highest BCUT2D eigenvalue weighted by molar-refractivity contribution is 9.10. The minimum atomic E-state index is 0.445. The second-order valence-electron chi connectivity index (χ2n) is 5.24. The third kappa shape index (κ3) is 4.41. The summed E-state index contributed by atoms with van der Waals surface area (Å²) in [4.78, 5) is 0. The molecule has 2 aromatic rings. The van der Waals surface area contributed by atoms with E-state index in [1.807, 2.05) is 36.4 Å². The van der Waals surface area contributed by atoms with E-state index in [-0.39, 0.29) is 0 Å². The van der Waals surface area contributed by atoms with Gasteiger partial charge in [0.05, 0.1) is 10.2 Å². The molecule has 2 aromatic carbocycles. The van der Waals surface area contributed by atoms with Crippen LogP contribution < -0.4 is 15.2 Å². The van der Waals surface area contributed by atoms with Crippen LogP contribution in [-0.4, -0.2) is 13.2 Å². The van der Waals surface area contributed by atoms with Gasteiger partial charge in [-0.2, -0.15) is 0 Å². The zero-order chi connectivity index (χ0) is 15.9. The summed E-state index contributed by atoms with van der Waals surface area (Å²) >= 11 is 3.55. The summed E-state index contributed by atoms with van der Waals surface area (Å²) in [5.74, 6) is 2.00. The van der Waals surface area contributed by atoms with Gasteiger partial charge in [0.15, 0.2) is 5.75 Å². The quantitative estimate of drug-likeness (QED) is 0.555. The first-order valence-corrected chi connectivity index (χ1v) is 8.30. The van der Waals surface area contributed by atoms with Crippen LogP contribution in [0.4, 0.5) is 5.69 Å². The first-order chi connectivity index (χ1) is 10.6. The number of halogens is 1. The lowest BCUT2D eigenvalue weighted by Gasteiger charge is -2.16. The molecule has 0 amide bonds. The highest BCUT2D eigenvalue weighted by Gasteiger charge is 2.11. The van der Waals surface area contributed by atoms with Gasteiger partial charge < -0.3 is 15.2 Å². The second-order valence-corrected chi connectivity index (χ2v) is 6.09. The number of hydrogen-bond acceptors (Lipinski definition) is 3. The third-order valence-corrected chi connectivity index (χ3v) is 4.21. The fraction of sp³-hybridized carbons (Fsp3) is 0.333. The van der Waals surface area contributed by atoms with E-state index >= 15 is 0 Å². The summed E-state index contributed by atoms with van der Waals surface area (Å²) in [7, 11) is 0. The molecule has 0 saturated heterocycles. The van der Waals surface area contributed by atoms with Crippen molar-refractivity contribution in [2.75, 3.05) is 18.9 Å². The van der Waals surface area contributed by atoms with Crippen LogP contribution in [-0.2, 0) is 0 Å². The monoisotopic (exact) mass is 363 g/mol. The molecule has 0 heterocycles. The van der Waals surface area contributed by atoms with Crippen molar-refractivity contribution in [2.24, 2.45) is 0 Å². The van der Waals surface area contributed by atoms with E-state index in [0.717, 1.165) is 16.6 Å². The Morgan fingerprint density at radius 3 is 2.41 bits per heavy atom. The minimum absolute atomic E-state index is 0.445. The van der Waals surface area contributed by atoms with E-state index in [9.17, 15) is 0 Å². The average Bonchev–Trinajstić information content (AvgIpc) is 2.53. The molecule has 118 valence electrons. The second kappa shape index (κ2) is 8.08. The van der Waals surface area contributed by atoms with Crippen molar-refractivity contribution in [1.29, 1.82) is 0 Å². The Bertz CT molecular complexity index is 578. The highest BCUT2D eigenvalue weighted by Crippen LogP contribution is 2.35. The molecule has 2 rings (SSSR count). The maximum atomic E-state index is 6.11. The summed E-state index contributed by atoms with van der Waals surface area (Å²) in [6.45, 7) is 5.28. The van der Waals surface area contributed by atoms with Crippen LogP contribution in [0.1, 0.15) is 31.7 Å². The predicted molar refractivity (Wildman–Crippen MR) is 94.7 cm³/mol. The van der Waals surface area contributed by atoms with Crippen molar-refractivity contribution in [3.05, 3.63) is 52.5 Å². The molecule has 0 saturated carbocycles. The molecular formula is C18H22BrNO2. The average molecular weight is 364 g/mol. The molecular weight excluding hydrogens is 342 g/mol. The number of nitrogens with two attached hydrogens (primary N) is 1. The first kappa shape index (κ1) is 16.7. The molecule has 0 fully saturated rings. The lowest BCUT2D eigenvalue weighted by atomic mass is 9.98. The van der Waals surface area contributed by atoms with E-state index in [0.29, 0.717) is 30.6 Å².